The van der Waals surface area contributed by atoms with Gasteiger partial charge in [0.1, 0.15) is 24.1 Å². The van der Waals surface area contributed by atoms with Crippen LogP contribution < -0.4 is 4.74 Å². The van der Waals surface area contributed by atoms with Crippen molar-refractivity contribution in [2.45, 2.75) is 88.2 Å². The minimum Gasteiger partial charge on any atom is -0.479 e. The van der Waals surface area contributed by atoms with Crippen molar-refractivity contribution in [2.24, 2.45) is 17.3 Å². The van der Waals surface area contributed by atoms with E-state index in [1.165, 1.54) is 11.1 Å². The number of hydrogen-bond acceptors (Lipinski definition) is 7. The van der Waals surface area contributed by atoms with Crippen LogP contribution in [-0.2, 0) is 16.0 Å². The zero-order valence-electron chi connectivity index (χ0n) is 18.1. The molecule has 8 nitrogen and oxygen atoms in total. The number of fused-ring (bicyclic) bond motifs is 5. The number of carbonyl (C=O) groups is 1. The Morgan fingerprint density at radius 3 is 2.59 bits per heavy atom. The molecule has 1 aromatic carbocycles. The Kier molecular flexibility index (Phi) is 5.49. The summed E-state index contributed by atoms with van der Waals surface area (Å²) in [5, 5.41) is 49.8. The molecule has 9 unspecified atom stereocenters. The molecule has 32 heavy (non-hydrogen) atoms. The zero-order valence-corrected chi connectivity index (χ0v) is 18.1. The van der Waals surface area contributed by atoms with Gasteiger partial charge < -0.3 is 35.0 Å². The highest BCUT2D eigenvalue weighted by molar-refractivity contribution is 5.73. The summed E-state index contributed by atoms with van der Waals surface area (Å²) in [4.78, 5) is 11.3. The molecule has 176 valence electrons. The number of hydrogen-bond donors (Lipinski definition) is 5. The summed E-state index contributed by atoms with van der Waals surface area (Å²) >= 11 is 0. The molecule has 4 aliphatic rings. The largest absolute Gasteiger partial charge is 0.479 e. The molecule has 1 aliphatic heterocycles. The third kappa shape index (κ3) is 3.35. The number of aryl methyl sites for hydroxylation is 1. The number of aliphatic hydroxyl groups is 4. The first-order valence-corrected chi connectivity index (χ1v) is 11.6. The summed E-state index contributed by atoms with van der Waals surface area (Å²) in [6.45, 7) is 2.25. The second-order valence-corrected chi connectivity index (χ2v) is 10.3. The van der Waals surface area contributed by atoms with Gasteiger partial charge in [-0.25, -0.2) is 4.79 Å². The molecule has 3 aliphatic carbocycles. The summed E-state index contributed by atoms with van der Waals surface area (Å²) in [7, 11) is 0. The van der Waals surface area contributed by atoms with Gasteiger partial charge in [0.05, 0.1) is 6.10 Å². The lowest BCUT2D eigenvalue weighted by molar-refractivity contribution is -0.271. The smallest absolute Gasteiger partial charge is 0.335 e. The van der Waals surface area contributed by atoms with Crippen molar-refractivity contribution in [1.82, 2.24) is 0 Å². The van der Waals surface area contributed by atoms with Crippen LogP contribution in [0, 0.1) is 17.3 Å². The molecule has 0 bridgehead atoms. The molecular formula is C24H32O8. The average Bonchev–Trinajstić information content (AvgIpc) is 3.08. The van der Waals surface area contributed by atoms with Crippen LogP contribution in [0.5, 0.6) is 5.75 Å². The lowest BCUT2D eigenvalue weighted by atomic mass is 9.55. The highest BCUT2D eigenvalue weighted by atomic mass is 16.7. The number of aliphatic hydroxyl groups excluding tert-OH is 4. The number of rotatable bonds is 3. The first-order valence-electron chi connectivity index (χ1n) is 11.6. The molecule has 0 radical (unpaired) electrons. The highest BCUT2D eigenvalue weighted by Gasteiger charge is 2.54. The van der Waals surface area contributed by atoms with Crippen LogP contribution in [0.4, 0.5) is 0 Å². The van der Waals surface area contributed by atoms with E-state index >= 15 is 0 Å². The standard InChI is InChI=1S/C24H32O8/c1-24-9-8-14-13-5-3-12(10-11(13)2-4-15(14)16(24)6-7-17(24)25)31-23-20(28)18(26)19(27)21(32-23)22(29)30/h3,5,10,14-21,23,25-28H,2,4,6-9H2,1H3,(H,29,30)/t14?,15?,16?,17?,18?,19?,20?,21?,23?,24-/m0/s1. The quantitative estimate of drug-likeness (QED) is 0.465. The third-order valence-corrected chi connectivity index (χ3v) is 8.71. The molecule has 5 N–H and O–H groups in total. The van der Waals surface area contributed by atoms with Gasteiger partial charge in [-0.3, -0.25) is 0 Å². The maximum absolute atomic E-state index is 11.3. The van der Waals surface area contributed by atoms with Gasteiger partial charge in [0, 0.05) is 0 Å². The molecule has 0 spiro atoms. The van der Waals surface area contributed by atoms with Crippen LogP contribution in [0.25, 0.3) is 0 Å². The van der Waals surface area contributed by atoms with Crippen molar-refractivity contribution in [3.63, 3.8) is 0 Å². The van der Waals surface area contributed by atoms with Gasteiger partial charge in [-0.2, -0.15) is 0 Å². The van der Waals surface area contributed by atoms with Crippen molar-refractivity contribution in [1.29, 1.82) is 0 Å². The Balaban J connectivity index is 1.34. The summed E-state index contributed by atoms with van der Waals surface area (Å²) in [6.07, 6.45) is -2.28. The Bertz CT molecular complexity index is 889. The van der Waals surface area contributed by atoms with Crippen molar-refractivity contribution < 1.29 is 39.8 Å². The van der Waals surface area contributed by atoms with Gasteiger partial charge in [-0.1, -0.05) is 13.0 Å². The molecule has 0 aromatic heterocycles. The Hall–Kier alpha value is -1.71. The van der Waals surface area contributed by atoms with Gasteiger partial charge in [0.15, 0.2) is 6.10 Å². The fourth-order valence-electron chi connectivity index (χ4n) is 6.89. The molecule has 2 saturated carbocycles. The number of carboxylic acid groups (broad SMARTS) is 1. The monoisotopic (exact) mass is 448 g/mol. The van der Waals surface area contributed by atoms with Crippen LogP contribution in [-0.4, -0.2) is 68.3 Å². The molecule has 3 fully saturated rings. The second kappa shape index (κ2) is 7.95. The van der Waals surface area contributed by atoms with Crippen molar-refractivity contribution in [3.05, 3.63) is 29.3 Å². The molecule has 1 saturated heterocycles. The lowest BCUT2D eigenvalue weighted by Gasteiger charge is -2.50. The summed E-state index contributed by atoms with van der Waals surface area (Å²) in [5.41, 5.74) is 2.51. The van der Waals surface area contributed by atoms with Gasteiger partial charge >= 0.3 is 5.97 Å². The molecule has 0 amide bonds. The number of aliphatic carboxylic acids is 1. The Morgan fingerprint density at radius 2 is 1.84 bits per heavy atom. The normalized spacial score (nSPS) is 45.5. The molecule has 1 heterocycles. The average molecular weight is 449 g/mol. The minimum absolute atomic E-state index is 0.0300. The molecule has 5 rings (SSSR count). The van der Waals surface area contributed by atoms with Crippen molar-refractivity contribution in [3.8, 4) is 5.75 Å². The maximum Gasteiger partial charge on any atom is 0.335 e. The van der Waals surface area contributed by atoms with Crippen LogP contribution in [0.2, 0.25) is 0 Å². The van der Waals surface area contributed by atoms with Crippen molar-refractivity contribution in [2.75, 3.05) is 0 Å². The van der Waals surface area contributed by atoms with E-state index in [9.17, 15) is 30.3 Å². The van der Waals surface area contributed by atoms with E-state index in [0.29, 0.717) is 23.5 Å². The second-order valence-electron chi connectivity index (χ2n) is 10.3. The molecule has 1 aromatic rings. The number of benzene rings is 1. The van der Waals surface area contributed by atoms with E-state index < -0.39 is 36.7 Å². The van der Waals surface area contributed by atoms with E-state index in [1.807, 2.05) is 12.1 Å². The van der Waals surface area contributed by atoms with Gasteiger partial charge in [-0.05, 0) is 85.0 Å². The fourth-order valence-corrected chi connectivity index (χ4v) is 6.89. The predicted molar refractivity (Wildman–Crippen MR) is 112 cm³/mol. The predicted octanol–water partition coefficient (Wildman–Crippen LogP) is 1.17. The van der Waals surface area contributed by atoms with E-state index in [2.05, 4.69) is 6.92 Å². The molecule has 8 heteroatoms. The first kappa shape index (κ1) is 22.1. The Morgan fingerprint density at radius 1 is 1.06 bits per heavy atom. The summed E-state index contributed by atoms with van der Waals surface area (Å²) < 4.78 is 11.0. The SMILES string of the molecule is C[C@]12CCC3c4ccc(OC5OC(C(=O)O)C(O)C(O)C5O)cc4CCC3C1CCC2O. The molecular weight excluding hydrogens is 416 g/mol. The van der Waals surface area contributed by atoms with E-state index in [0.717, 1.165) is 38.5 Å². The first-order chi connectivity index (χ1) is 15.2. The summed E-state index contributed by atoms with van der Waals surface area (Å²) in [6, 6.07) is 5.75. The van der Waals surface area contributed by atoms with Gasteiger partial charge in [0.25, 0.3) is 0 Å². The Labute approximate surface area is 186 Å². The van der Waals surface area contributed by atoms with E-state index in [-0.39, 0.29) is 11.5 Å². The third-order valence-electron chi connectivity index (χ3n) is 8.71. The van der Waals surface area contributed by atoms with Crippen molar-refractivity contribution >= 4 is 5.97 Å². The summed E-state index contributed by atoms with van der Waals surface area (Å²) in [5.74, 6) is 0.570. The number of carboxylic acids is 1. The highest BCUT2D eigenvalue weighted by Crippen LogP contribution is 2.60. The topological polar surface area (TPSA) is 137 Å². The lowest BCUT2D eigenvalue weighted by Crippen LogP contribution is -2.61. The van der Waals surface area contributed by atoms with E-state index in [1.54, 1.807) is 6.07 Å². The zero-order chi connectivity index (χ0) is 22.8. The van der Waals surface area contributed by atoms with Crippen LogP contribution in [0.3, 0.4) is 0 Å². The van der Waals surface area contributed by atoms with Crippen LogP contribution in [0.1, 0.15) is 56.1 Å². The maximum atomic E-state index is 11.3. The number of ether oxygens (including phenoxy) is 2. The van der Waals surface area contributed by atoms with Crippen LogP contribution >= 0.6 is 0 Å². The minimum atomic E-state index is -1.74. The van der Waals surface area contributed by atoms with Gasteiger partial charge in [0.2, 0.25) is 6.29 Å². The van der Waals surface area contributed by atoms with Gasteiger partial charge in [-0.15, -0.1) is 0 Å². The van der Waals surface area contributed by atoms with Crippen LogP contribution in [0.15, 0.2) is 18.2 Å². The van der Waals surface area contributed by atoms with E-state index in [4.69, 9.17) is 9.47 Å². The fraction of sp³-hybridized carbons (Fsp3) is 0.708. The molecule has 10 atom stereocenters.